The average molecular weight is 432 g/mol. The summed E-state index contributed by atoms with van der Waals surface area (Å²) < 4.78 is 40.3. The number of hydrogen-bond donors (Lipinski definition) is 0. The number of carbonyl (C=O) groups excluding carboxylic acids is 1. The van der Waals surface area contributed by atoms with Crippen LogP contribution in [-0.2, 0) is 16.3 Å². The van der Waals surface area contributed by atoms with Gasteiger partial charge in [-0.1, -0.05) is 25.1 Å². The molecule has 0 fully saturated rings. The second kappa shape index (κ2) is 8.79. The minimum absolute atomic E-state index is 0.165. The molecule has 0 N–H and O–H groups in total. The number of para-hydroxylation sites is 1. The highest BCUT2D eigenvalue weighted by molar-refractivity contribution is 7.94. The zero-order chi connectivity index (χ0) is 21.9. The van der Waals surface area contributed by atoms with Crippen LogP contribution in [0.2, 0.25) is 0 Å². The van der Waals surface area contributed by atoms with Crippen molar-refractivity contribution in [3.05, 3.63) is 59.0 Å². The molecule has 0 aliphatic carbocycles. The Morgan fingerprint density at radius 1 is 1.07 bits per heavy atom. The number of ether oxygens (including phenoxy) is 3. The lowest BCUT2D eigenvalue weighted by Crippen LogP contribution is -2.41. The highest BCUT2D eigenvalue weighted by Gasteiger charge is 2.33. The molecule has 0 radical (unpaired) electrons. The van der Waals surface area contributed by atoms with E-state index < -0.39 is 15.9 Å². The van der Waals surface area contributed by atoms with Gasteiger partial charge in [-0.05, 0) is 36.3 Å². The van der Waals surface area contributed by atoms with Gasteiger partial charge in [-0.3, -0.25) is 4.79 Å². The quantitative estimate of drug-likeness (QED) is 0.669. The summed E-state index contributed by atoms with van der Waals surface area (Å²) in [5, 5.41) is 1.17. The number of benzene rings is 2. The molecule has 2 aromatic rings. The first-order valence-electron chi connectivity index (χ1n) is 9.47. The van der Waals surface area contributed by atoms with Crippen molar-refractivity contribution >= 4 is 21.4 Å². The van der Waals surface area contributed by atoms with Crippen molar-refractivity contribution in [2.75, 3.05) is 32.0 Å². The zero-order valence-corrected chi connectivity index (χ0v) is 18.2. The molecule has 3 rings (SSSR count). The minimum Gasteiger partial charge on any atom is -0.493 e. The molecule has 2 aromatic carbocycles. The standard InChI is InChI=1S/C22H25NO6S/c1-5-15-8-6-7-9-18(15)23(17-10-11-30(25,26)14-17)22(24)16-12-19(27-2)21(29-4)20(13-16)28-3/h6-13,17H,5,14H2,1-4H3/t17-/m0/s1. The topological polar surface area (TPSA) is 82.1 Å². The van der Waals surface area contributed by atoms with E-state index in [1.807, 2.05) is 31.2 Å². The van der Waals surface area contributed by atoms with Crippen LogP contribution in [0.5, 0.6) is 17.2 Å². The molecule has 1 atom stereocenters. The molecule has 1 aliphatic rings. The van der Waals surface area contributed by atoms with Crippen LogP contribution in [0.4, 0.5) is 5.69 Å². The predicted octanol–water partition coefficient (Wildman–Crippen LogP) is 3.23. The van der Waals surface area contributed by atoms with Crippen LogP contribution in [-0.4, -0.2) is 47.4 Å². The lowest BCUT2D eigenvalue weighted by molar-refractivity contribution is 0.0982. The van der Waals surface area contributed by atoms with Gasteiger partial charge >= 0.3 is 0 Å². The van der Waals surface area contributed by atoms with E-state index in [-0.39, 0.29) is 11.7 Å². The average Bonchev–Trinajstić information content (AvgIpc) is 3.12. The summed E-state index contributed by atoms with van der Waals surface area (Å²) in [6.45, 7) is 1.99. The Morgan fingerprint density at radius 2 is 1.70 bits per heavy atom. The third-order valence-corrected chi connectivity index (χ3v) is 6.38. The van der Waals surface area contributed by atoms with E-state index in [0.29, 0.717) is 34.9 Å². The molecule has 1 heterocycles. The number of amides is 1. The summed E-state index contributed by atoms with van der Waals surface area (Å²) in [6.07, 6.45) is 2.25. The fourth-order valence-corrected chi connectivity index (χ4v) is 4.82. The minimum atomic E-state index is -3.36. The second-order valence-electron chi connectivity index (χ2n) is 6.80. The van der Waals surface area contributed by atoms with Gasteiger partial charge in [0.15, 0.2) is 21.3 Å². The third-order valence-electron chi connectivity index (χ3n) is 5.01. The van der Waals surface area contributed by atoms with Crippen LogP contribution in [0.1, 0.15) is 22.8 Å². The monoisotopic (exact) mass is 431 g/mol. The van der Waals surface area contributed by atoms with E-state index in [4.69, 9.17) is 14.2 Å². The highest BCUT2D eigenvalue weighted by atomic mass is 32.2. The van der Waals surface area contributed by atoms with Crippen LogP contribution in [0.15, 0.2) is 47.9 Å². The highest BCUT2D eigenvalue weighted by Crippen LogP contribution is 2.39. The van der Waals surface area contributed by atoms with E-state index in [2.05, 4.69) is 0 Å². The van der Waals surface area contributed by atoms with Crippen molar-refractivity contribution in [2.45, 2.75) is 19.4 Å². The van der Waals surface area contributed by atoms with Crippen LogP contribution < -0.4 is 19.1 Å². The van der Waals surface area contributed by atoms with Gasteiger partial charge in [0.2, 0.25) is 5.75 Å². The van der Waals surface area contributed by atoms with Crippen molar-refractivity contribution in [1.82, 2.24) is 0 Å². The van der Waals surface area contributed by atoms with Crippen molar-refractivity contribution < 1.29 is 27.4 Å². The van der Waals surface area contributed by atoms with E-state index in [1.54, 1.807) is 18.2 Å². The van der Waals surface area contributed by atoms with Gasteiger partial charge < -0.3 is 19.1 Å². The van der Waals surface area contributed by atoms with E-state index in [9.17, 15) is 13.2 Å². The van der Waals surface area contributed by atoms with Crippen molar-refractivity contribution in [2.24, 2.45) is 0 Å². The van der Waals surface area contributed by atoms with Crippen molar-refractivity contribution in [1.29, 1.82) is 0 Å². The number of carbonyl (C=O) groups is 1. The van der Waals surface area contributed by atoms with Crippen molar-refractivity contribution in [3.8, 4) is 17.2 Å². The summed E-state index contributed by atoms with van der Waals surface area (Å²) in [4.78, 5) is 15.2. The molecule has 1 aliphatic heterocycles. The lowest BCUT2D eigenvalue weighted by Gasteiger charge is -2.30. The molecule has 0 bridgehead atoms. The van der Waals surface area contributed by atoms with Gasteiger partial charge in [0.05, 0.1) is 33.1 Å². The third kappa shape index (κ3) is 4.14. The van der Waals surface area contributed by atoms with Crippen LogP contribution in [0, 0.1) is 0 Å². The fourth-order valence-electron chi connectivity index (χ4n) is 3.55. The van der Waals surface area contributed by atoms with E-state index >= 15 is 0 Å². The first kappa shape index (κ1) is 21.7. The SMILES string of the molecule is CCc1ccccc1N(C(=O)c1cc(OC)c(OC)c(OC)c1)[C@H]1C=CS(=O)(=O)C1. The number of hydrogen-bond acceptors (Lipinski definition) is 6. The Balaban J connectivity index is 2.15. The van der Waals surface area contributed by atoms with Gasteiger partial charge in [-0.15, -0.1) is 0 Å². The van der Waals surface area contributed by atoms with Gasteiger partial charge in [0.25, 0.3) is 5.91 Å². The zero-order valence-electron chi connectivity index (χ0n) is 17.4. The molecule has 0 aromatic heterocycles. The summed E-state index contributed by atoms with van der Waals surface area (Å²) in [6, 6.07) is 10.00. The number of sulfone groups is 1. The number of methoxy groups -OCH3 is 3. The second-order valence-corrected chi connectivity index (χ2v) is 8.73. The molecule has 0 spiro atoms. The lowest BCUT2D eigenvalue weighted by atomic mass is 10.1. The molecular weight excluding hydrogens is 406 g/mol. The summed E-state index contributed by atoms with van der Waals surface area (Å²) >= 11 is 0. The first-order valence-corrected chi connectivity index (χ1v) is 11.2. The maximum atomic E-state index is 13.7. The van der Waals surface area contributed by atoms with Gasteiger partial charge in [0.1, 0.15) is 0 Å². The molecule has 1 amide bonds. The van der Waals surface area contributed by atoms with Crippen LogP contribution in [0.25, 0.3) is 0 Å². The Hall–Kier alpha value is -3.00. The summed E-state index contributed by atoms with van der Waals surface area (Å²) in [5.74, 6) is 0.542. The number of aryl methyl sites for hydroxylation is 1. The largest absolute Gasteiger partial charge is 0.493 e. The molecule has 0 unspecified atom stereocenters. The number of anilines is 1. The molecule has 30 heavy (non-hydrogen) atoms. The Labute approximate surface area is 176 Å². The molecule has 160 valence electrons. The molecule has 0 saturated heterocycles. The van der Waals surface area contributed by atoms with Gasteiger partial charge in [0, 0.05) is 16.7 Å². The smallest absolute Gasteiger partial charge is 0.259 e. The molecule has 8 heteroatoms. The van der Waals surface area contributed by atoms with Crippen LogP contribution >= 0.6 is 0 Å². The molecular formula is C22H25NO6S. The van der Waals surface area contributed by atoms with Gasteiger partial charge in [-0.25, -0.2) is 8.42 Å². The Morgan fingerprint density at radius 3 is 2.20 bits per heavy atom. The summed E-state index contributed by atoms with van der Waals surface area (Å²) in [7, 11) is 1.07. The summed E-state index contributed by atoms with van der Waals surface area (Å²) in [5.41, 5.74) is 1.91. The molecule has 0 saturated carbocycles. The maximum Gasteiger partial charge on any atom is 0.259 e. The number of nitrogens with zero attached hydrogens (tertiary/aromatic N) is 1. The predicted molar refractivity (Wildman–Crippen MR) is 115 cm³/mol. The maximum absolute atomic E-state index is 13.7. The van der Waals surface area contributed by atoms with Crippen molar-refractivity contribution in [3.63, 3.8) is 0 Å². The number of rotatable bonds is 7. The normalized spacial score (nSPS) is 16.9. The van der Waals surface area contributed by atoms with Crippen LogP contribution in [0.3, 0.4) is 0 Å². The fraction of sp³-hybridized carbons (Fsp3) is 0.318. The van der Waals surface area contributed by atoms with E-state index in [1.165, 1.54) is 31.6 Å². The first-order chi connectivity index (χ1) is 14.3. The molecule has 7 nitrogen and oxygen atoms in total. The Bertz CT molecular complexity index is 1050. The van der Waals surface area contributed by atoms with Gasteiger partial charge in [-0.2, -0.15) is 0 Å². The van der Waals surface area contributed by atoms with E-state index in [0.717, 1.165) is 5.56 Å². The Kier molecular flexibility index (Phi) is 6.36.